The van der Waals surface area contributed by atoms with E-state index in [1.807, 2.05) is 19.1 Å². The van der Waals surface area contributed by atoms with Crippen LogP contribution >= 0.6 is 0 Å². The van der Waals surface area contributed by atoms with Gasteiger partial charge in [-0.3, -0.25) is 4.57 Å². The van der Waals surface area contributed by atoms with Gasteiger partial charge in [-0.15, -0.1) is 10.2 Å². The third-order valence-corrected chi connectivity index (χ3v) is 5.34. The summed E-state index contributed by atoms with van der Waals surface area (Å²) in [6.45, 7) is 4.04. The molecule has 1 N–H and O–H groups in total. The summed E-state index contributed by atoms with van der Waals surface area (Å²) in [6.07, 6.45) is 2.39. The number of benzene rings is 1. The van der Waals surface area contributed by atoms with E-state index in [9.17, 15) is 13.2 Å². The first-order chi connectivity index (χ1) is 15.9. The number of alkyl halides is 2. The monoisotopic (exact) mass is 458 g/mol. The highest BCUT2D eigenvalue weighted by molar-refractivity contribution is 5.55. The zero-order valence-corrected chi connectivity index (χ0v) is 18.5. The summed E-state index contributed by atoms with van der Waals surface area (Å²) in [4.78, 5) is 4.17. The molecule has 0 fully saturated rings. The van der Waals surface area contributed by atoms with E-state index in [-0.39, 0.29) is 6.42 Å². The lowest BCUT2D eigenvalue weighted by atomic mass is 10.2. The number of H-pyrrole nitrogens is 1. The Bertz CT molecular complexity index is 1180. The lowest BCUT2D eigenvalue weighted by Gasteiger charge is -2.11. The molecule has 0 amide bonds. The van der Waals surface area contributed by atoms with E-state index >= 15 is 0 Å². The molecule has 8 nitrogen and oxygen atoms in total. The smallest absolute Gasteiger partial charge is 0.283 e. The first-order valence-corrected chi connectivity index (χ1v) is 11.0. The number of halogens is 3. The molecular formula is C22H25F3N8. The van der Waals surface area contributed by atoms with E-state index < -0.39 is 17.7 Å². The minimum Gasteiger partial charge on any atom is -0.283 e. The van der Waals surface area contributed by atoms with Crippen LogP contribution in [0.5, 0.6) is 0 Å². The van der Waals surface area contributed by atoms with Crippen LogP contribution in [0.1, 0.15) is 56.7 Å². The van der Waals surface area contributed by atoms with Crippen LogP contribution in [0.15, 0.2) is 36.4 Å². The third kappa shape index (κ3) is 4.81. The van der Waals surface area contributed by atoms with Crippen molar-refractivity contribution < 1.29 is 13.2 Å². The van der Waals surface area contributed by atoms with Gasteiger partial charge in [0, 0.05) is 18.5 Å². The number of nitrogens with zero attached hydrogens (tertiary/aromatic N) is 7. The van der Waals surface area contributed by atoms with Gasteiger partial charge >= 0.3 is 5.92 Å². The first kappa shape index (κ1) is 22.7. The topological polar surface area (TPSA) is 90.1 Å². The molecule has 3 aromatic heterocycles. The van der Waals surface area contributed by atoms with Crippen LogP contribution in [0.3, 0.4) is 0 Å². The Morgan fingerprint density at radius 3 is 2.48 bits per heavy atom. The predicted molar refractivity (Wildman–Crippen MR) is 115 cm³/mol. The van der Waals surface area contributed by atoms with Crippen molar-refractivity contribution >= 4 is 0 Å². The van der Waals surface area contributed by atoms with Crippen LogP contribution in [-0.4, -0.2) is 40.0 Å². The molecule has 0 saturated heterocycles. The largest absolute Gasteiger partial charge is 0.308 e. The van der Waals surface area contributed by atoms with Crippen molar-refractivity contribution in [3.63, 3.8) is 0 Å². The Morgan fingerprint density at radius 1 is 1.03 bits per heavy atom. The maximum atomic E-state index is 14.5. The summed E-state index contributed by atoms with van der Waals surface area (Å²) in [6, 6.07) is 10.0. The molecule has 174 valence electrons. The van der Waals surface area contributed by atoms with Gasteiger partial charge in [0.15, 0.2) is 11.8 Å². The van der Waals surface area contributed by atoms with E-state index in [2.05, 4.69) is 30.7 Å². The fraction of sp³-hybridized carbons (Fsp3) is 0.409. The summed E-state index contributed by atoms with van der Waals surface area (Å²) >= 11 is 0. The van der Waals surface area contributed by atoms with Gasteiger partial charge in [0.05, 0.1) is 12.2 Å². The van der Waals surface area contributed by atoms with E-state index in [4.69, 9.17) is 0 Å². The van der Waals surface area contributed by atoms with Crippen molar-refractivity contribution in [2.24, 2.45) is 0 Å². The molecular weight excluding hydrogens is 433 g/mol. The average Bonchev–Trinajstić information content (AvgIpc) is 3.53. The first-order valence-electron chi connectivity index (χ1n) is 11.0. The zero-order valence-electron chi connectivity index (χ0n) is 18.5. The minimum atomic E-state index is -3.05. The van der Waals surface area contributed by atoms with Crippen LogP contribution in [-0.2, 0) is 18.9 Å². The second-order valence-corrected chi connectivity index (χ2v) is 7.86. The summed E-state index contributed by atoms with van der Waals surface area (Å²) < 4.78 is 46.2. The second-order valence-electron chi connectivity index (χ2n) is 7.86. The van der Waals surface area contributed by atoms with Crippen molar-refractivity contribution in [2.45, 2.75) is 58.4 Å². The molecule has 0 saturated carbocycles. The number of nitrogens with one attached hydrogen (secondary N) is 1. The number of hydrogen-bond donors (Lipinski definition) is 1. The van der Waals surface area contributed by atoms with Crippen molar-refractivity contribution in [3.05, 3.63) is 59.6 Å². The fourth-order valence-corrected chi connectivity index (χ4v) is 3.65. The number of unbranched alkanes of at least 4 members (excludes halogenated alkanes) is 1. The molecule has 0 bridgehead atoms. The van der Waals surface area contributed by atoms with Crippen molar-refractivity contribution in [1.29, 1.82) is 0 Å². The Kier molecular flexibility index (Phi) is 6.57. The van der Waals surface area contributed by atoms with Crippen molar-refractivity contribution in [1.82, 2.24) is 40.0 Å². The summed E-state index contributed by atoms with van der Waals surface area (Å²) in [5.74, 6) is -3.06. The maximum absolute atomic E-state index is 14.5. The normalized spacial score (nSPS) is 11.9. The van der Waals surface area contributed by atoms with E-state index in [0.717, 1.165) is 18.4 Å². The van der Waals surface area contributed by atoms with E-state index in [0.29, 0.717) is 42.4 Å². The number of aromatic nitrogens is 8. The summed E-state index contributed by atoms with van der Waals surface area (Å²) in [5, 5.41) is 17.7. The Morgan fingerprint density at radius 2 is 1.82 bits per heavy atom. The molecule has 0 radical (unpaired) electrons. The maximum Gasteiger partial charge on any atom is 0.308 e. The Balaban J connectivity index is 1.60. The summed E-state index contributed by atoms with van der Waals surface area (Å²) in [7, 11) is 0. The van der Waals surface area contributed by atoms with Crippen molar-refractivity contribution in [3.8, 4) is 17.2 Å². The molecule has 0 aliphatic carbocycles. The molecule has 3 heterocycles. The number of tetrazole rings is 1. The molecule has 33 heavy (non-hydrogen) atoms. The molecule has 0 aliphatic rings. The van der Waals surface area contributed by atoms with Gasteiger partial charge in [-0.05, 0) is 53.1 Å². The zero-order chi connectivity index (χ0) is 23.4. The molecule has 11 heteroatoms. The second kappa shape index (κ2) is 9.55. The molecule has 4 rings (SSSR count). The third-order valence-electron chi connectivity index (χ3n) is 5.34. The van der Waals surface area contributed by atoms with Gasteiger partial charge < -0.3 is 0 Å². The average molecular weight is 458 g/mol. The fourth-order valence-electron chi connectivity index (χ4n) is 3.65. The number of rotatable bonds is 10. The van der Waals surface area contributed by atoms with E-state index in [1.54, 1.807) is 29.8 Å². The molecule has 0 aliphatic heterocycles. The highest BCUT2D eigenvalue weighted by Gasteiger charge is 2.36. The van der Waals surface area contributed by atoms with Crippen molar-refractivity contribution in [2.75, 3.05) is 0 Å². The van der Waals surface area contributed by atoms with Gasteiger partial charge in [0.25, 0.3) is 0 Å². The Labute approximate surface area is 188 Å². The number of aromatic amines is 1. The van der Waals surface area contributed by atoms with Gasteiger partial charge in [0.2, 0.25) is 5.82 Å². The van der Waals surface area contributed by atoms with Crippen LogP contribution in [0.4, 0.5) is 13.2 Å². The standard InChI is InChI=1S/C22H25F3N8/c1-3-5-6-19-26-21(22(24,25)13-4-2)29-32(19)14-15-7-9-16(10-8-15)33-17(11-12-18(33)23)20-27-30-31-28-20/h7-12H,3-6,13-14H2,1-2H3,(H,27,28,30,31). The molecule has 1 aromatic carbocycles. The van der Waals surface area contributed by atoms with Gasteiger partial charge in [0.1, 0.15) is 5.82 Å². The van der Waals surface area contributed by atoms with Crippen LogP contribution in [0.25, 0.3) is 17.2 Å². The molecule has 4 aromatic rings. The Hall–Kier alpha value is -3.50. The van der Waals surface area contributed by atoms with Gasteiger partial charge in [-0.25, -0.2) is 14.8 Å². The molecule has 0 atom stereocenters. The lowest BCUT2D eigenvalue weighted by Crippen LogP contribution is -2.15. The SMILES string of the molecule is CCCCc1nc(C(F)(F)CCC)nn1Cc1ccc(-n2c(F)ccc2-c2nnn[nH]2)cc1. The van der Waals surface area contributed by atoms with Crippen LogP contribution in [0.2, 0.25) is 0 Å². The number of hydrogen-bond acceptors (Lipinski definition) is 5. The van der Waals surface area contributed by atoms with Gasteiger partial charge in [-0.2, -0.15) is 13.2 Å². The molecule has 0 spiro atoms. The summed E-state index contributed by atoms with van der Waals surface area (Å²) in [5.41, 5.74) is 1.89. The van der Waals surface area contributed by atoms with Crippen LogP contribution in [0, 0.1) is 5.95 Å². The van der Waals surface area contributed by atoms with Gasteiger partial charge in [-0.1, -0.05) is 32.4 Å². The predicted octanol–water partition coefficient (Wildman–Crippen LogP) is 4.67. The highest BCUT2D eigenvalue weighted by Crippen LogP contribution is 2.31. The molecule has 0 unspecified atom stereocenters. The minimum absolute atomic E-state index is 0.287. The van der Waals surface area contributed by atoms with Crippen LogP contribution < -0.4 is 0 Å². The highest BCUT2D eigenvalue weighted by atomic mass is 19.3. The quantitative estimate of drug-likeness (QED) is 0.373. The number of aryl methyl sites for hydroxylation is 1. The van der Waals surface area contributed by atoms with E-state index in [1.165, 1.54) is 10.6 Å². The lowest BCUT2D eigenvalue weighted by molar-refractivity contribution is -0.0232.